The van der Waals surface area contributed by atoms with Crippen LogP contribution in [0.25, 0.3) is 0 Å². The van der Waals surface area contributed by atoms with Crippen molar-refractivity contribution in [1.82, 2.24) is 9.80 Å². The van der Waals surface area contributed by atoms with Crippen molar-refractivity contribution < 1.29 is 9.90 Å². The number of hydrogen-bond donors (Lipinski definition) is 1. The molecule has 1 heterocycles. The number of carbonyl (C=O) groups is 1. The van der Waals surface area contributed by atoms with Crippen molar-refractivity contribution in [3.05, 3.63) is 0 Å². The standard InChI is InChI=1S/C10H20N2O2/c1-11(2)7-9-5-3-4-6-12(9)8-10(13)14/h9H,3-8H2,1-2H3,(H,13,14)/t9-/m1/s1. The molecule has 1 aliphatic rings. The average Bonchev–Trinajstić information content (AvgIpc) is 2.06. The van der Waals surface area contributed by atoms with Gasteiger partial charge in [-0.15, -0.1) is 0 Å². The van der Waals surface area contributed by atoms with Crippen molar-refractivity contribution in [3.63, 3.8) is 0 Å². The first-order valence-electron chi connectivity index (χ1n) is 5.20. The summed E-state index contributed by atoms with van der Waals surface area (Å²) < 4.78 is 0. The maximum atomic E-state index is 10.6. The molecule has 0 spiro atoms. The summed E-state index contributed by atoms with van der Waals surface area (Å²) in [7, 11) is 4.07. The molecule has 0 radical (unpaired) electrons. The lowest BCUT2D eigenvalue weighted by molar-refractivity contribution is -0.139. The van der Waals surface area contributed by atoms with Crippen molar-refractivity contribution in [3.8, 4) is 0 Å². The summed E-state index contributed by atoms with van der Waals surface area (Å²) in [5, 5.41) is 8.76. The summed E-state index contributed by atoms with van der Waals surface area (Å²) in [4.78, 5) is 14.9. The van der Waals surface area contributed by atoms with E-state index in [0.717, 1.165) is 25.9 Å². The van der Waals surface area contributed by atoms with E-state index in [-0.39, 0.29) is 6.54 Å². The number of carboxylic acid groups (broad SMARTS) is 1. The summed E-state index contributed by atoms with van der Waals surface area (Å²) in [6.45, 7) is 2.09. The van der Waals surface area contributed by atoms with Gasteiger partial charge in [0.1, 0.15) is 0 Å². The van der Waals surface area contributed by atoms with Gasteiger partial charge >= 0.3 is 5.97 Å². The van der Waals surface area contributed by atoms with E-state index in [0.29, 0.717) is 6.04 Å². The average molecular weight is 200 g/mol. The van der Waals surface area contributed by atoms with Crippen LogP contribution in [-0.4, -0.2) is 60.6 Å². The highest BCUT2D eigenvalue weighted by molar-refractivity contribution is 5.69. The van der Waals surface area contributed by atoms with Crippen LogP contribution in [0.3, 0.4) is 0 Å². The molecule has 0 amide bonds. The minimum Gasteiger partial charge on any atom is -0.480 e. The van der Waals surface area contributed by atoms with Gasteiger partial charge in [0.2, 0.25) is 0 Å². The summed E-state index contributed by atoms with van der Waals surface area (Å²) in [6, 6.07) is 0.426. The number of likely N-dealkylation sites (tertiary alicyclic amines) is 1. The monoisotopic (exact) mass is 200 g/mol. The number of likely N-dealkylation sites (N-methyl/N-ethyl adjacent to an activating group) is 1. The molecule has 1 N–H and O–H groups in total. The van der Waals surface area contributed by atoms with Gasteiger partial charge in [-0.3, -0.25) is 9.69 Å². The summed E-state index contributed by atoms with van der Waals surface area (Å²) in [5.74, 6) is -0.712. The Bertz CT molecular complexity index is 195. The van der Waals surface area contributed by atoms with Gasteiger partial charge in [0.25, 0.3) is 0 Å². The minimum absolute atomic E-state index is 0.193. The molecule has 0 unspecified atom stereocenters. The van der Waals surface area contributed by atoms with Gasteiger partial charge in [0, 0.05) is 12.6 Å². The molecule has 1 fully saturated rings. The van der Waals surface area contributed by atoms with Crippen LogP contribution in [0, 0.1) is 0 Å². The molecule has 0 saturated carbocycles. The second-order valence-electron chi connectivity index (χ2n) is 4.28. The molecule has 4 heteroatoms. The van der Waals surface area contributed by atoms with Crippen molar-refractivity contribution in [2.45, 2.75) is 25.3 Å². The highest BCUT2D eigenvalue weighted by Crippen LogP contribution is 2.16. The van der Waals surface area contributed by atoms with E-state index < -0.39 is 5.97 Å². The predicted octanol–water partition coefficient (Wildman–Crippen LogP) is 0.487. The third kappa shape index (κ3) is 3.64. The van der Waals surface area contributed by atoms with Gasteiger partial charge in [-0.05, 0) is 33.5 Å². The molecule has 4 nitrogen and oxygen atoms in total. The van der Waals surface area contributed by atoms with Gasteiger partial charge in [0.15, 0.2) is 0 Å². The molecule has 0 aromatic carbocycles. The first-order chi connectivity index (χ1) is 6.59. The fraction of sp³-hybridized carbons (Fsp3) is 0.900. The quantitative estimate of drug-likeness (QED) is 0.717. The minimum atomic E-state index is -0.712. The topological polar surface area (TPSA) is 43.8 Å². The number of piperidine rings is 1. The largest absolute Gasteiger partial charge is 0.480 e. The van der Waals surface area contributed by atoms with E-state index >= 15 is 0 Å². The Balaban J connectivity index is 2.45. The Labute approximate surface area is 85.5 Å². The zero-order chi connectivity index (χ0) is 10.6. The van der Waals surface area contributed by atoms with Crippen molar-refractivity contribution in [2.75, 3.05) is 33.7 Å². The molecular formula is C10H20N2O2. The SMILES string of the molecule is CN(C)C[C@H]1CCCCN1CC(=O)O. The molecule has 1 saturated heterocycles. The summed E-state index contributed by atoms with van der Waals surface area (Å²) >= 11 is 0. The molecule has 1 rings (SSSR count). The van der Waals surface area contributed by atoms with E-state index in [1.165, 1.54) is 6.42 Å². The second kappa shape index (κ2) is 5.32. The Morgan fingerprint density at radius 3 is 2.79 bits per heavy atom. The molecule has 82 valence electrons. The Morgan fingerprint density at radius 1 is 1.50 bits per heavy atom. The van der Waals surface area contributed by atoms with Gasteiger partial charge in [0.05, 0.1) is 6.54 Å². The van der Waals surface area contributed by atoms with E-state index in [9.17, 15) is 4.79 Å². The van der Waals surface area contributed by atoms with Crippen LogP contribution in [0.15, 0.2) is 0 Å². The summed E-state index contributed by atoms with van der Waals surface area (Å²) in [6.07, 6.45) is 3.50. The van der Waals surface area contributed by atoms with Crippen LogP contribution in [0.4, 0.5) is 0 Å². The number of nitrogens with zero attached hydrogens (tertiary/aromatic N) is 2. The van der Waals surface area contributed by atoms with Crippen LogP contribution < -0.4 is 0 Å². The Morgan fingerprint density at radius 2 is 2.21 bits per heavy atom. The molecule has 0 bridgehead atoms. The second-order valence-corrected chi connectivity index (χ2v) is 4.28. The molecule has 0 aromatic rings. The number of carboxylic acids is 1. The van der Waals surface area contributed by atoms with E-state index in [1.807, 2.05) is 14.1 Å². The predicted molar refractivity (Wildman–Crippen MR) is 55.4 cm³/mol. The Hall–Kier alpha value is -0.610. The summed E-state index contributed by atoms with van der Waals surface area (Å²) in [5.41, 5.74) is 0. The lowest BCUT2D eigenvalue weighted by atomic mass is 10.0. The highest BCUT2D eigenvalue weighted by Gasteiger charge is 2.24. The number of rotatable bonds is 4. The fourth-order valence-corrected chi connectivity index (χ4v) is 2.07. The van der Waals surface area contributed by atoms with Crippen molar-refractivity contribution in [1.29, 1.82) is 0 Å². The van der Waals surface area contributed by atoms with E-state index in [2.05, 4.69) is 9.80 Å². The smallest absolute Gasteiger partial charge is 0.317 e. The third-order valence-corrected chi connectivity index (χ3v) is 2.66. The van der Waals surface area contributed by atoms with Gasteiger partial charge < -0.3 is 10.0 Å². The van der Waals surface area contributed by atoms with Crippen LogP contribution in [0.2, 0.25) is 0 Å². The lowest BCUT2D eigenvalue weighted by Crippen LogP contribution is -2.47. The fourth-order valence-electron chi connectivity index (χ4n) is 2.07. The van der Waals surface area contributed by atoms with Crippen molar-refractivity contribution >= 4 is 5.97 Å². The molecule has 1 atom stereocenters. The van der Waals surface area contributed by atoms with Crippen molar-refractivity contribution in [2.24, 2.45) is 0 Å². The van der Waals surface area contributed by atoms with Crippen LogP contribution in [0.1, 0.15) is 19.3 Å². The highest BCUT2D eigenvalue weighted by atomic mass is 16.4. The first-order valence-corrected chi connectivity index (χ1v) is 5.20. The zero-order valence-electron chi connectivity index (χ0n) is 9.07. The van der Waals surface area contributed by atoms with E-state index in [1.54, 1.807) is 0 Å². The zero-order valence-corrected chi connectivity index (χ0v) is 9.07. The van der Waals surface area contributed by atoms with Gasteiger partial charge in [-0.25, -0.2) is 0 Å². The van der Waals surface area contributed by atoms with Crippen LogP contribution in [0.5, 0.6) is 0 Å². The Kier molecular flexibility index (Phi) is 4.35. The molecule has 14 heavy (non-hydrogen) atoms. The molecular weight excluding hydrogens is 180 g/mol. The lowest BCUT2D eigenvalue weighted by Gasteiger charge is -2.36. The van der Waals surface area contributed by atoms with Crippen LogP contribution >= 0.6 is 0 Å². The third-order valence-electron chi connectivity index (χ3n) is 2.66. The van der Waals surface area contributed by atoms with Gasteiger partial charge in [-0.1, -0.05) is 6.42 Å². The molecule has 1 aliphatic heterocycles. The number of hydrogen-bond acceptors (Lipinski definition) is 3. The number of aliphatic carboxylic acids is 1. The molecule has 0 aromatic heterocycles. The molecule has 0 aliphatic carbocycles. The normalized spacial score (nSPS) is 24.1. The maximum Gasteiger partial charge on any atom is 0.317 e. The van der Waals surface area contributed by atoms with Gasteiger partial charge in [-0.2, -0.15) is 0 Å². The van der Waals surface area contributed by atoms with Crippen LogP contribution in [-0.2, 0) is 4.79 Å². The van der Waals surface area contributed by atoms with E-state index in [4.69, 9.17) is 5.11 Å². The first kappa shape index (κ1) is 11.5. The maximum absolute atomic E-state index is 10.6.